The summed E-state index contributed by atoms with van der Waals surface area (Å²) >= 11 is 5.71. The molecular formula is C9H7ClFNO. The first-order valence-electron chi connectivity index (χ1n) is 3.93. The van der Waals surface area contributed by atoms with Gasteiger partial charge >= 0.3 is 0 Å². The lowest BCUT2D eigenvalue weighted by atomic mass is 10.2. The minimum Gasteiger partial charge on any atom is -0.335 e. The van der Waals surface area contributed by atoms with Crippen LogP contribution in [0, 0.1) is 5.82 Å². The Morgan fingerprint density at radius 2 is 2.15 bits per heavy atom. The van der Waals surface area contributed by atoms with Gasteiger partial charge in [-0.3, -0.25) is 4.79 Å². The van der Waals surface area contributed by atoms with Crippen LogP contribution in [0.25, 0.3) is 0 Å². The van der Waals surface area contributed by atoms with Gasteiger partial charge < -0.3 is 4.90 Å². The van der Waals surface area contributed by atoms with Gasteiger partial charge in [-0.15, -0.1) is 0 Å². The molecule has 13 heavy (non-hydrogen) atoms. The van der Waals surface area contributed by atoms with E-state index >= 15 is 0 Å². The van der Waals surface area contributed by atoms with E-state index in [9.17, 15) is 9.18 Å². The van der Waals surface area contributed by atoms with Crippen LogP contribution < -0.4 is 0 Å². The highest BCUT2D eigenvalue weighted by Crippen LogP contribution is 2.21. The standard InChI is InChI=1S/C9H7ClFNO/c10-8-5-6(11)1-2-7(8)9(13)12-3-4-12/h1-2,5H,3-4H2. The fourth-order valence-corrected chi connectivity index (χ4v) is 1.33. The van der Waals surface area contributed by atoms with Gasteiger partial charge in [0.1, 0.15) is 5.82 Å². The summed E-state index contributed by atoms with van der Waals surface area (Å²) in [5, 5.41) is 0.178. The average molecular weight is 200 g/mol. The van der Waals surface area contributed by atoms with Crippen molar-refractivity contribution in [2.24, 2.45) is 0 Å². The zero-order valence-corrected chi connectivity index (χ0v) is 7.51. The highest BCUT2D eigenvalue weighted by molar-refractivity contribution is 6.33. The number of hydrogen-bond donors (Lipinski definition) is 0. The molecule has 0 aromatic heterocycles. The molecule has 1 saturated heterocycles. The van der Waals surface area contributed by atoms with Crippen LogP contribution in [0.2, 0.25) is 5.02 Å². The Labute approximate surface area is 79.9 Å². The monoisotopic (exact) mass is 199 g/mol. The van der Waals surface area contributed by atoms with Crippen LogP contribution in [0.3, 0.4) is 0 Å². The molecule has 1 amide bonds. The van der Waals surface area contributed by atoms with Crippen molar-refractivity contribution in [2.75, 3.05) is 13.1 Å². The van der Waals surface area contributed by atoms with E-state index in [1.165, 1.54) is 12.1 Å². The maximum Gasteiger partial charge on any atom is 0.255 e. The van der Waals surface area contributed by atoms with Crippen LogP contribution in [0.15, 0.2) is 18.2 Å². The molecule has 68 valence electrons. The predicted molar refractivity (Wildman–Crippen MR) is 47.3 cm³/mol. The van der Waals surface area contributed by atoms with E-state index in [1.54, 1.807) is 4.90 Å². The summed E-state index contributed by atoms with van der Waals surface area (Å²) in [7, 11) is 0. The lowest BCUT2D eigenvalue weighted by Gasteiger charge is -2.03. The zero-order valence-electron chi connectivity index (χ0n) is 6.76. The third-order valence-electron chi connectivity index (χ3n) is 1.90. The van der Waals surface area contributed by atoms with Gasteiger partial charge in [-0.2, -0.15) is 0 Å². The van der Waals surface area contributed by atoms with Crippen LogP contribution in [-0.2, 0) is 0 Å². The third kappa shape index (κ3) is 1.65. The molecule has 1 aliphatic rings. The molecule has 0 radical (unpaired) electrons. The highest BCUT2D eigenvalue weighted by Gasteiger charge is 2.26. The molecule has 0 N–H and O–H groups in total. The number of nitrogens with zero attached hydrogens (tertiary/aromatic N) is 1. The van der Waals surface area contributed by atoms with E-state index in [4.69, 9.17) is 11.6 Å². The first-order valence-corrected chi connectivity index (χ1v) is 4.30. The molecule has 0 spiro atoms. The largest absolute Gasteiger partial charge is 0.335 e. The quantitative estimate of drug-likeness (QED) is 0.633. The fraction of sp³-hybridized carbons (Fsp3) is 0.222. The van der Waals surface area contributed by atoms with Crippen molar-refractivity contribution in [1.82, 2.24) is 4.90 Å². The van der Waals surface area contributed by atoms with E-state index in [2.05, 4.69) is 0 Å². The van der Waals surface area contributed by atoms with Gasteiger partial charge in [0.2, 0.25) is 0 Å². The summed E-state index contributed by atoms with van der Waals surface area (Å²) in [6.07, 6.45) is 0. The van der Waals surface area contributed by atoms with Crippen LogP contribution in [0.1, 0.15) is 10.4 Å². The summed E-state index contributed by atoms with van der Waals surface area (Å²) in [5.74, 6) is -0.544. The second kappa shape index (κ2) is 3.00. The smallest absolute Gasteiger partial charge is 0.255 e. The fourth-order valence-electron chi connectivity index (χ4n) is 1.09. The lowest BCUT2D eigenvalue weighted by Crippen LogP contribution is -2.11. The van der Waals surface area contributed by atoms with Gasteiger partial charge in [-0.25, -0.2) is 4.39 Å². The Morgan fingerprint density at radius 3 is 2.69 bits per heavy atom. The van der Waals surface area contributed by atoms with E-state index in [-0.39, 0.29) is 10.9 Å². The Morgan fingerprint density at radius 1 is 1.46 bits per heavy atom. The normalized spacial score (nSPS) is 14.5. The molecule has 1 fully saturated rings. The molecule has 0 unspecified atom stereocenters. The summed E-state index contributed by atoms with van der Waals surface area (Å²) in [5.41, 5.74) is 0.376. The molecule has 0 bridgehead atoms. The number of halogens is 2. The topological polar surface area (TPSA) is 20.1 Å². The van der Waals surface area contributed by atoms with E-state index in [0.717, 1.165) is 19.2 Å². The number of rotatable bonds is 1. The molecule has 1 aliphatic heterocycles. The Bertz CT molecular complexity index is 363. The Balaban J connectivity index is 2.33. The van der Waals surface area contributed by atoms with Crippen LogP contribution >= 0.6 is 11.6 Å². The van der Waals surface area contributed by atoms with Crippen molar-refractivity contribution < 1.29 is 9.18 Å². The molecule has 0 atom stereocenters. The maximum atomic E-state index is 12.6. The Kier molecular flexibility index (Phi) is 1.96. The summed E-state index contributed by atoms with van der Waals surface area (Å²) in [6, 6.07) is 3.80. The van der Waals surface area contributed by atoms with Crippen molar-refractivity contribution in [3.8, 4) is 0 Å². The lowest BCUT2D eigenvalue weighted by molar-refractivity contribution is 0.0885. The number of amides is 1. The van der Waals surface area contributed by atoms with Gasteiger partial charge in [-0.1, -0.05) is 11.6 Å². The van der Waals surface area contributed by atoms with E-state index in [0.29, 0.717) is 5.56 Å². The van der Waals surface area contributed by atoms with Gasteiger partial charge in [0, 0.05) is 13.1 Å². The molecule has 1 aromatic carbocycles. The van der Waals surface area contributed by atoms with E-state index < -0.39 is 5.82 Å². The SMILES string of the molecule is O=C(c1ccc(F)cc1Cl)N1CC1. The maximum absolute atomic E-state index is 12.6. The van der Waals surface area contributed by atoms with Gasteiger partial charge in [0.15, 0.2) is 0 Å². The molecule has 2 rings (SSSR count). The van der Waals surface area contributed by atoms with E-state index in [1.807, 2.05) is 0 Å². The number of carbonyl (C=O) groups is 1. The molecule has 0 aliphatic carbocycles. The van der Waals surface area contributed by atoms with Crippen molar-refractivity contribution in [3.63, 3.8) is 0 Å². The molecule has 2 nitrogen and oxygen atoms in total. The summed E-state index contributed by atoms with van der Waals surface area (Å²) in [6.45, 7) is 1.54. The highest BCUT2D eigenvalue weighted by atomic mass is 35.5. The first kappa shape index (κ1) is 8.51. The summed E-state index contributed by atoms with van der Waals surface area (Å²) < 4.78 is 12.6. The van der Waals surface area contributed by atoms with Crippen molar-refractivity contribution in [2.45, 2.75) is 0 Å². The summed E-state index contributed by atoms with van der Waals surface area (Å²) in [4.78, 5) is 13.1. The van der Waals surface area contributed by atoms with Crippen LogP contribution in [-0.4, -0.2) is 23.9 Å². The number of benzene rings is 1. The minimum atomic E-state index is -0.424. The van der Waals surface area contributed by atoms with Crippen molar-refractivity contribution in [3.05, 3.63) is 34.6 Å². The number of hydrogen-bond acceptors (Lipinski definition) is 1. The Hall–Kier alpha value is -1.09. The predicted octanol–water partition coefficient (Wildman–Crippen LogP) is 1.93. The molecule has 0 saturated carbocycles. The third-order valence-corrected chi connectivity index (χ3v) is 2.21. The average Bonchev–Trinajstić information content (AvgIpc) is 2.85. The van der Waals surface area contributed by atoms with Gasteiger partial charge in [-0.05, 0) is 18.2 Å². The minimum absolute atomic E-state index is 0.120. The van der Waals surface area contributed by atoms with Gasteiger partial charge in [0.25, 0.3) is 5.91 Å². The molecule has 1 heterocycles. The van der Waals surface area contributed by atoms with Crippen molar-refractivity contribution in [1.29, 1.82) is 0 Å². The zero-order chi connectivity index (χ0) is 9.42. The van der Waals surface area contributed by atoms with Crippen molar-refractivity contribution >= 4 is 17.5 Å². The first-order chi connectivity index (χ1) is 6.18. The second-order valence-electron chi connectivity index (χ2n) is 2.92. The van der Waals surface area contributed by atoms with Crippen LogP contribution in [0.4, 0.5) is 4.39 Å². The molecule has 1 aromatic rings. The second-order valence-corrected chi connectivity index (χ2v) is 3.32. The molecule has 4 heteroatoms. The van der Waals surface area contributed by atoms with Gasteiger partial charge in [0.05, 0.1) is 10.6 Å². The molecular weight excluding hydrogens is 193 g/mol. The number of carbonyl (C=O) groups excluding carboxylic acids is 1. The van der Waals surface area contributed by atoms with Crippen LogP contribution in [0.5, 0.6) is 0 Å².